The molecular formula is C23H16O. The molecule has 0 saturated heterocycles. The minimum Gasteiger partial charge on any atom is -0.508 e. The van der Waals surface area contributed by atoms with Gasteiger partial charge in [0.2, 0.25) is 0 Å². The Balaban J connectivity index is 1.92. The highest BCUT2D eigenvalue weighted by Gasteiger charge is 2.28. The number of rotatable bonds is 0. The molecule has 0 amide bonds. The second-order valence-electron chi connectivity index (χ2n) is 6.40. The van der Waals surface area contributed by atoms with Crippen LogP contribution in [0.1, 0.15) is 28.2 Å². The number of hydrogen-bond acceptors (Lipinski definition) is 1. The van der Waals surface area contributed by atoms with Crippen molar-refractivity contribution in [1.82, 2.24) is 0 Å². The van der Waals surface area contributed by atoms with Gasteiger partial charge in [0.05, 0.1) is 0 Å². The monoisotopic (exact) mass is 308 g/mol. The predicted molar refractivity (Wildman–Crippen MR) is 100.0 cm³/mol. The lowest BCUT2D eigenvalue weighted by molar-refractivity contribution is 0.437. The van der Waals surface area contributed by atoms with E-state index in [0.717, 1.165) is 11.1 Å². The van der Waals surface area contributed by atoms with Crippen LogP contribution in [0.15, 0.2) is 84.1 Å². The largest absolute Gasteiger partial charge is 0.508 e. The van der Waals surface area contributed by atoms with E-state index in [4.69, 9.17) is 0 Å². The van der Waals surface area contributed by atoms with Gasteiger partial charge in [-0.1, -0.05) is 72.8 Å². The summed E-state index contributed by atoms with van der Waals surface area (Å²) in [5.74, 6) is 0.460. The van der Waals surface area contributed by atoms with E-state index in [1.165, 1.54) is 27.5 Å². The van der Waals surface area contributed by atoms with Crippen LogP contribution >= 0.6 is 0 Å². The molecule has 0 bridgehead atoms. The molecule has 0 aliphatic heterocycles. The molecule has 0 spiro atoms. The lowest BCUT2D eigenvalue weighted by atomic mass is 9.76. The van der Waals surface area contributed by atoms with Crippen LogP contribution in [0.5, 0.6) is 0 Å². The molecule has 3 aromatic rings. The average molecular weight is 308 g/mol. The predicted octanol–water partition coefficient (Wildman–Crippen LogP) is 5.84. The lowest BCUT2D eigenvalue weighted by Gasteiger charge is -2.26. The Kier molecular flexibility index (Phi) is 2.77. The highest BCUT2D eigenvalue weighted by molar-refractivity contribution is 5.92. The fourth-order valence-electron chi connectivity index (χ4n) is 3.97. The van der Waals surface area contributed by atoms with Crippen LogP contribution in [0.2, 0.25) is 0 Å². The van der Waals surface area contributed by atoms with Gasteiger partial charge >= 0.3 is 0 Å². The van der Waals surface area contributed by atoms with Crippen LogP contribution in [0.25, 0.3) is 22.9 Å². The highest BCUT2D eigenvalue weighted by atomic mass is 16.3. The lowest BCUT2D eigenvalue weighted by Crippen LogP contribution is -2.10. The number of aliphatic hydroxyl groups excluding tert-OH is 1. The smallest absolute Gasteiger partial charge is 0.116 e. The van der Waals surface area contributed by atoms with Gasteiger partial charge in [0.15, 0.2) is 0 Å². The summed E-state index contributed by atoms with van der Waals surface area (Å²) in [6.45, 7) is 0. The zero-order valence-electron chi connectivity index (χ0n) is 13.1. The van der Waals surface area contributed by atoms with Gasteiger partial charge in [0.1, 0.15) is 5.76 Å². The highest BCUT2D eigenvalue weighted by Crippen LogP contribution is 2.45. The average Bonchev–Trinajstić information content (AvgIpc) is 2.77. The fourth-order valence-corrected chi connectivity index (χ4v) is 3.97. The summed E-state index contributed by atoms with van der Waals surface area (Å²) in [5, 5.41) is 12.8. The zero-order chi connectivity index (χ0) is 16.1. The van der Waals surface area contributed by atoms with Crippen molar-refractivity contribution in [3.63, 3.8) is 0 Å². The number of allylic oxidation sites excluding steroid dienone is 3. The van der Waals surface area contributed by atoms with Crippen molar-refractivity contribution in [3.8, 4) is 0 Å². The maximum absolute atomic E-state index is 10.3. The van der Waals surface area contributed by atoms with Crippen LogP contribution in [-0.2, 0) is 0 Å². The van der Waals surface area contributed by atoms with Crippen molar-refractivity contribution in [2.24, 2.45) is 0 Å². The standard InChI is InChI=1S/C23H16O/c24-19-13-17-11-9-15-5-1-3-7-20(15)22(17)23-18(14-19)12-10-16-6-2-4-8-21(16)23/h1-14,22,24H. The summed E-state index contributed by atoms with van der Waals surface area (Å²) < 4.78 is 0. The second-order valence-corrected chi connectivity index (χ2v) is 6.40. The molecule has 2 aliphatic carbocycles. The van der Waals surface area contributed by atoms with Gasteiger partial charge in [-0.25, -0.2) is 0 Å². The van der Waals surface area contributed by atoms with E-state index in [2.05, 4.69) is 72.8 Å². The van der Waals surface area contributed by atoms with Crippen LogP contribution in [-0.4, -0.2) is 5.11 Å². The SMILES string of the molecule is OC1=Cc2ccc3ccccc3c2C2C(=C1)C=Cc1ccccc12. The Hall–Kier alpha value is -3.06. The molecule has 5 rings (SSSR count). The third kappa shape index (κ3) is 1.88. The Bertz CT molecular complexity index is 1070. The summed E-state index contributed by atoms with van der Waals surface area (Å²) in [6, 6.07) is 21.3. The van der Waals surface area contributed by atoms with Gasteiger partial charge in [-0.3, -0.25) is 0 Å². The Morgan fingerprint density at radius 3 is 2.50 bits per heavy atom. The van der Waals surface area contributed by atoms with E-state index < -0.39 is 0 Å². The first kappa shape index (κ1) is 13.4. The maximum Gasteiger partial charge on any atom is 0.116 e. The van der Waals surface area contributed by atoms with Crippen molar-refractivity contribution >= 4 is 22.9 Å². The van der Waals surface area contributed by atoms with E-state index in [-0.39, 0.29) is 5.92 Å². The summed E-state index contributed by atoms with van der Waals surface area (Å²) in [7, 11) is 0. The minimum atomic E-state index is 0.146. The van der Waals surface area contributed by atoms with Gasteiger partial charge in [-0.05, 0) is 50.8 Å². The minimum absolute atomic E-state index is 0.146. The summed E-state index contributed by atoms with van der Waals surface area (Å²) in [4.78, 5) is 0. The Morgan fingerprint density at radius 2 is 1.54 bits per heavy atom. The molecule has 0 fully saturated rings. The zero-order valence-corrected chi connectivity index (χ0v) is 13.1. The molecule has 0 heterocycles. The van der Waals surface area contributed by atoms with E-state index in [0.29, 0.717) is 5.76 Å². The first-order valence-corrected chi connectivity index (χ1v) is 8.22. The normalized spacial score (nSPS) is 18.1. The van der Waals surface area contributed by atoms with Crippen molar-refractivity contribution in [1.29, 1.82) is 0 Å². The first-order chi connectivity index (χ1) is 11.8. The van der Waals surface area contributed by atoms with Gasteiger partial charge < -0.3 is 5.11 Å². The topological polar surface area (TPSA) is 20.2 Å². The molecule has 2 aliphatic rings. The Morgan fingerprint density at radius 1 is 0.708 bits per heavy atom. The summed E-state index contributed by atoms with van der Waals surface area (Å²) in [5.41, 5.74) is 6.05. The molecule has 0 radical (unpaired) electrons. The van der Waals surface area contributed by atoms with E-state index >= 15 is 0 Å². The molecule has 0 saturated carbocycles. The Labute approximate surface area is 140 Å². The van der Waals surface area contributed by atoms with Crippen LogP contribution in [0.3, 0.4) is 0 Å². The molecule has 1 atom stereocenters. The number of benzene rings is 3. The third-order valence-electron chi connectivity index (χ3n) is 5.01. The molecule has 1 heteroatoms. The number of hydrogen-bond donors (Lipinski definition) is 1. The molecule has 0 aromatic heterocycles. The van der Waals surface area contributed by atoms with Crippen molar-refractivity contribution in [2.45, 2.75) is 5.92 Å². The molecule has 1 N–H and O–H groups in total. The molecule has 114 valence electrons. The van der Waals surface area contributed by atoms with Gasteiger partial charge in [0, 0.05) is 5.92 Å². The van der Waals surface area contributed by atoms with Gasteiger partial charge in [-0.15, -0.1) is 0 Å². The fraction of sp³-hybridized carbons (Fsp3) is 0.0435. The molecule has 3 aromatic carbocycles. The van der Waals surface area contributed by atoms with Crippen LogP contribution < -0.4 is 0 Å². The van der Waals surface area contributed by atoms with Crippen molar-refractivity contribution in [2.75, 3.05) is 0 Å². The molecule has 24 heavy (non-hydrogen) atoms. The number of fused-ring (bicyclic) bond motifs is 7. The van der Waals surface area contributed by atoms with Crippen LogP contribution in [0.4, 0.5) is 0 Å². The maximum atomic E-state index is 10.3. The van der Waals surface area contributed by atoms with Crippen molar-refractivity contribution < 1.29 is 5.11 Å². The van der Waals surface area contributed by atoms with Gasteiger partial charge in [0.25, 0.3) is 0 Å². The van der Waals surface area contributed by atoms with Crippen molar-refractivity contribution in [3.05, 3.63) is 106 Å². The first-order valence-electron chi connectivity index (χ1n) is 8.22. The quantitative estimate of drug-likeness (QED) is 0.553. The third-order valence-corrected chi connectivity index (χ3v) is 5.01. The van der Waals surface area contributed by atoms with Crippen LogP contribution in [0, 0.1) is 0 Å². The van der Waals surface area contributed by atoms with Gasteiger partial charge in [-0.2, -0.15) is 0 Å². The molecule has 1 nitrogen and oxygen atoms in total. The second kappa shape index (κ2) is 4.97. The van der Waals surface area contributed by atoms with E-state index in [9.17, 15) is 5.11 Å². The molecule has 1 unspecified atom stereocenters. The molecular weight excluding hydrogens is 292 g/mol. The van der Waals surface area contributed by atoms with E-state index in [1.807, 2.05) is 12.2 Å². The summed E-state index contributed by atoms with van der Waals surface area (Å²) in [6.07, 6.45) is 8.05. The summed E-state index contributed by atoms with van der Waals surface area (Å²) >= 11 is 0. The number of aliphatic hydroxyl groups is 1. The van der Waals surface area contributed by atoms with E-state index in [1.54, 1.807) is 0 Å².